The summed E-state index contributed by atoms with van der Waals surface area (Å²) in [7, 11) is 0. The van der Waals surface area contributed by atoms with Crippen molar-refractivity contribution in [2.24, 2.45) is 0 Å². The molecule has 9 heteroatoms. The van der Waals surface area contributed by atoms with Gasteiger partial charge in [-0.05, 0) is 60.0 Å². The molecule has 3 aromatic carbocycles. The Hall–Kier alpha value is -2.71. The van der Waals surface area contributed by atoms with Crippen LogP contribution in [0.15, 0.2) is 95.7 Å². The summed E-state index contributed by atoms with van der Waals surface area (Å²) in [6, 6.07) is 23.5. The third-order valence-corrected chi connectivity index (χ3v) is 6.52. The zero-order chi connectivity index (χ0) is 24.8. The minimum atomic E-state index is -0.374. The second-order valence-electron chi connectivity index (χ2n) is 7.89. The highest BCUT2D eigenvalue weighted by Gasteiger charge is 2.12. The number of hydrogen-bond donors (Lipinski definition) is 2. The van der Waals surface area contributed by atoms with Crippen molar-refractivity contribution in [3.05, 3.63) is 122 Å². The number of urea groups is 1. The van der Waals surface area contributed by atoms with Crippen LogP contribution < -0.4 is 32.2 Å². The zero-order valence-corrected chi connectivity index (χ0v) is 23.5. The SMILES string of the molecule is O=C(Nc1ccc(Cc2cc[n+](CC(=O)c3ccc(Br)cc3)cc2)cc1)Nc1ccc(Cl)c(Cl)c1.[Br-]. The van der Waals surface area contributed by atoms with Gasteiger partial charge in [0.05, 0.1) is 10.0 Å². The number of carbonyl (C=O) groups excluding carboxylic acids is 2. The predicted molar refractivity (Wildman–Crippen MR) is 143 cm³/mol. The van der Waals surface area contributed by atoms with Crippen LogP contribution in [-0.4, -0.2) is 11.8 Å². The molecule has 0 saturated heterocycles. The van der Waals surface area contributed by atoms with Crippen molar-refractivity contribution >= 4 is 62.3 Å². The largest absolute Gasteiger partial charge is 1.00 e. The third kappa shape index (κ3) is 7.90. The number of aromatic nitrogens is 1. The van der Waals surface area contributed by atoms with Crippen molar-refractivity contribution < 1.29 is 31.1 Å². The average Bonchev–Trinajstić information content (AvgIpc) is 2.84. The number of pyridine rings is 1. The molecule has 0 aliphatic rings. The van der Waals surface area contributed by atoms with Crippen molar-refractivity contribution in [2.75, 3.05) is 10.6 Å². The average molecular weight is 650 g/mol. The molecule has 0 saturated carbocycles. The van der Waals surface area contributed by atoms with Gasteiger partial charge in [-0.25, -0.2) is 4.79 Å². The topological polar surface area (TPSA) is 62.1 Å². The summed E-state index contributed by atoms with van der Waals surface area (Å²) in [6.07, 6.45) is 4.56. The molecule has 0 bridgehead atoms. The summed E-state index contributed by atoms with van der Waals surface area (Å²) in [6.45, 7) is 0.284. The van der Waals surface area contributed by atoms with E-state index < -0.39 is 0 Å². The van der Waals surface area contributed by atoms with Gasteiger partial charge in [-0.3, -0.25) is 4.79 Å². The number of halogens is 4. The van der Waals surface area contributed by atoms with Crippen molar-refractivity contribution in [3.8, 4) is 0 Å². The van der Waals surface area contributed by atoms with Gasteiger partial charge in [0.25, 0.3) is 0 Å². The number of hydrogen-bond acceptors (Lipinski definition) is 2. The first kappa shape index (κ1) is 27.9. The van der Waals surface area contributed by atoms with Crippen LogP contribution in [-0.2, 0) is 13.0 Å². The van der Waals surface area contributed by atoms with Gasteiger partial charge in [0.15, 0.2) is 12.4 Å². The lowest BCUT2D eigenvalue weighted by atomic mass is 10.1. The van der Waals surface area contributed by atoms with E-state index in [9.17, 15) is 9.59 Å². The normalized spacial score (nSPS) is 10.3. The van der Waals surface area contributed by atoms with Gasteiger partial charge in [0, 0.05) is 33.5 Å². The quantitative estimate of drug-likeness (QED) is 0.233. The van der Waals surface area contributed by atoms with E-state index >= 15 is 0 Å². The smallest absolute Gasteiger partial charge is 0.323 e. The highest BCUT2D eigenvalue weighted by molar-refractivity contribution is 9.10. The van der Waals surface area contributed by atoms with Crippen LogP contribution in [0.5, 0.6) is 0 Å². The lowest BCUT2D eigenvalue weighted by Crippen LogP contribution is -3.00. The van der Waals surface area contributed by atoms with Crippen LogP contribution in [0, 0.1) is 0 Å². The molecule has 184 valence electrons. The molecule has 1 heterocycles. The minimum Gasteiger partial charge on any atom is -1.00 e. The lowest BCUT2D eigenvalue weighted by Gasteiger charge is -2.09. The van der Waals surface area contributed by atoms with Gasteiger partial charge >= 0.3 is 6.03 Å². The maximum atomic E-state index is 12.5. The number of nitrogens with zero attached hydrogens (tertiary/aromatic N) is 1. The molecular weight excluding hydrogens is 629 g/mol. The summed E-state index contributed by atoms with van der Waals surface area (Å²) in [5.74, 6) is 0.0570. The summed E-state index contributed by atoms with van der Waals surface area (Å²) in [4.78, 5) is 24.7. The monoisotopic (exact) mass is 647 g/mol. The number of amides is 2. The Morgan fingerprint density at radius 1 is 0.750 bits per heavy atom. The Balaban J connectivity index is 0.00000361. The molecule has 36 heavy (non-hydrogen) atoms. The van der Waals surface area contributed by atoms with E-state index in [0.29, 0.717) is 27.0 Å². The van der Waals surface area contributed by atoms with Crippen LogP contribution in [0.4, 0.5) is 16.2 Å². The summed E-state index contributed by atoms with van der Waals surface area (Å²) in [5, 5.41) is 6.31. The third-order valence-electron chi connectivity index (χ3n) is 5.25. The van der Waals surface area contributed by atoms with Gasteiger partial charge in [-0.2, -0.15) is 4.57 Å². The van der Waals surface area contributed by atoms with E-state index in [2.05, 4.69) is 26.6 Å². The number of ketones is 1. The number of rotatable bonds is 7. The molecule has 2 N–H and O–H groups in total. The molecule has 0 aliphatic heterocycles. The van der Waals surface area contributed by atoms with Crippen LogP contribution in [0.25, 0.3) is 0 Å². The lowest BCUT2D eigenvalue weighted by molar-refractivity contribution is -0.683. The molecule has 2 amide bonds. The van der Waals surface area contributed by atoms with E-state index in [1.54, 1.807) is 18.2 Å². The molecular formula is C27H21Br2Cl2N3O2. The number of benzene rings is 3. The van der Waals surface area contributed by atoms with Crippen molar-refractivity contribution in [1.82, 2.24) is 0 Å². The first-order valence-electron chi connectivity index (χ1n) is 10.7. The summed E-state index contributed by atoms with van der Waals surface area (Å²) < 4.78 is 2.81. The molecule has 4 rings (SSSR count). The molecule has 0 fully saturated rings. The summed E-state index contributed by atoms with van der Waals surface area (Å²) >= 11 is 15.3. The number of Topliss-reactive ketones (excluding diaryl/α,β-unsaturated/α-hetero) is 1. The van der Waals surface area contributed by atoms with E-state index in [0.717, 1.165) is 22.0 Å². The molecule has 0 spiro atoms. The minimum absolute atomic E-state index is 0. The van der Waals surface area contributed by atoms with Crippen LogP contribution >= 0.6 is 39.1 Å². The molecule has 5 nitrogen and oxygen atoms in total. The van der Waals surface area contributed by atoms with Crippen molar-refractivity contribution in [1.29, 1.82) is 0 Å². The fraction of sp³-hybridized carbons (Fsp3) is 0.0741. The molecule has 1 aromatic heterocycles. The fourth-order valence-corrected chi connectivity index (χ4v) is 3.98. The van der Waals surface area contributed by atoms with Crippen LogP contribution in [0.2, 0.25) is 10.0 Å². The van der Waals surface area contributed by atoms with Gasteiger partial charge in [-0.15, -0.1) is 0 Å². The van der Waals surface area contributed by atoms with Gasteiger partial charge in [-0.1, -0.05) is 63.4 Å². The predicted octanol–water partition coefficient (Wildman–Crippen LogP) is 4.17. The highest BCUT2D eigenvalue weighted by atomic mass is 79.9. The Morgan fingerprint density at radius 3 is 1.97 bits per heavy atom. The van der Waals surface area contributed by atoms with E-state index in [-0.39, 0.29) is 35.3 Å². The van der Waals surface area contributed by atoms with Gasteiger partial charge < -0.3 is 27.6 Å². The van der Waals surface area contributed by atoms with Crippen molar-refractivity contribution in [3.63, 3.8) is 0 Å². The molecule has 4 aromatic rings. The first-order valence-corrected chi connectivity index (χ1v) is 12.3. The van der Waals surface area contributed by atoms with E-state index in [1.165, 1.54) is 0 Å². The van der Waals surface area contributed by atoms with E-state index in [1.807, 2.05) is 77.6 Å². The Bertz CT molecular complexity index is 1350. The number of nitrogens with one attached hydrogen (secondary N) is 2. The molecule has 0 unspecified atom stereocenters. The summed E-state index contributed by atoms with van der Waals surface area (Å²) in [5.41, 5.74) is 4.13. The van der Waals surface area contributed by atoms with Crippen LogP contribution in [0.1, 0.15) is 21.5 Å². The highest BCUT2D eigenvalue weighted by Crippen LogP contribution is 2.25. The maximum absolute atomic E-state index is 12.5. The second kappa shape index (κ2) is 13.0. The van der Waals surface area contributed by atoms with Crippen molar-refractivity contribution in [2.45, 2.75) is 13.0 Å². The fourth-order valence-electron chi connectivity index (χ4n) is 3.41. The standard InChI is InChI=1S/C27H20BrCl2N3O2.BrH/c28-21-5-3-20(4-6-21)26(34)17-33-13-11-19(12-14-33)15-18-1-7-22(8-2-18)31-27(35)32-23-9-10-24(29)25(30)16-23;/h1-14,16H,15,17H2,(H-,31,32,35);1H. The van der Waals surface area contributed by atoms with Gasteiger partial charge in [0.1, 0.15) is 0 Å². The molecule has 0 aliphatic carbocycles. The van der Waals surface area contributed by atoms with E-state index in [4.69, 9.17) is 23.2 Å². The maximum Gasteiger partial charge on any atom is 0.323 e. The number of anilines is 2. The van der Waals surface area contributed by atoms with Crippen LogP contribution in [0.3, 0.4) is 0 Å². The Morgan fingerprint density at radius 2 is 1.33 bits per heavy atom. The first-order chi connectivity index (χ1) is 16.9. The van der Waals surface area contributed by atoms with Gasteiger partial charge in [0.2, 0.25) is 12.3 Å². The second-order valence-corrected chi connectivity index (χ2v) is 9.62. The molecule has 0 radical (unpaired) electrons. The number of carbonyl (C=O) groups is 2. The zero-order valence-electron chi connectivity index (χ0n) is 18.9. The Kier molecular flexibility index (Phi) is 10.1. The Labute approximate surface area is 238 Å². The molecule has 0 atom stereocenters.